The molecule has 0 aliphatic rings. The maximum atomic E-state index is 13.3. The van der Waals surface area contributed by atoms with Crippen molar-refractivity contribution in [3.63, 3.8) is 0 Å². The average molecular weight is 557 g/mol. The van der Waals surface area contributed by atoms with Gasteiger partial charge < -0.3 is 10.2 Å². The van der Waals surface area contributed by atoms with E-state index in [4.69, 9.17) is 23.2 Å². The third kappa shape index (κ3) is 8.11. The Kier molecular flexibility index (Phi) is 11.1. The minimum atomic E-state index is -3.56. The van der Waals surface area contributed by atoms with E-state index in [-0.39, 0.29) is 31.3 Å². The number of nitrogens with zero attached hydrogens (tertiary/aromatic N) is 2. The van der Waals surface area contributed by atoms with Crippen molar-refractivity contribution in [2.24, 2.45) is 0 Å². The van der Waals surface area contributed by atoms with E-state index in [2.05, 4.69) is 5.32 Å². The second-order valence-electron chi connectivity index (χ2n) is 8.89. The van der Waals surface area contributed by atoms with Gasteiger partial charge in [0.1, 0.15) is 6.04 Å². The van der Waals surface area contributed by atoms with Gasteiger partial charge in [-0.1, -0.05) is 48.3 Å². The highest BCUT2D eigenvalue weighted by Crippen LogP contribution is 2.26. The standard InChI is InChI=1S/C26H35Cl2N3O4S/c1-6-14-29-26(33)20(4)30(17-21-12-13-22(27)23(28)16-21)25(32)11-8-15-31(36(5,34)35)24-10-7-9-18(2)19(24)3/h7,9-10,12-13,16,20H,6,8,11,14-15,17H2,1-5H3,(H,29,33)/t20-/m1/s1. The molecule has 0 saturated heterocycles. The highest BCUT2D eigenvalue weighted by molar-refractivity contribution is 7.92. The molecule has 1 N–H and O–H groups in total. The molecule has 2 rings (SSSR count). The van der Waals surface area contributed by atoms with Crippen LogP contribution in [0, 0.1) is 13.8 Å². The molecule has 2 aromatic rings. The van der Waals surface area contributed by atoms with Crippen LogP contribution >= 0.6 is 23.2 Å². The Bertz CT molecular complexity index is 1190. The summed E-state index contributed by atoms with van der Waals surface area (Å²) in [6.07, 6.45) is 2.30. The molecule has 0 spiro atoms. The summed E-state index contributed by atoms with van der Waals surface area (Å²) in [7, 11) is -3.56. The van der Waals surface area contributed by atoms with E-state index in [1.165, 1.54) is 9.21 Å². The van der Waals surface area contributed by atoms with Crippen molar-refractivity contribution >= 4 is 50.7 Å². The van der Waals surface area contributed by atoms with Crippen LogP contribution in [0.4, 0.5) is 5.69 Å². The summed E-state index contributed by atoms with van der Waals surface area (Å²) in [6, 6.07) is 9.87. The number of benzene rings is 2. The van der Waals surface area contributed by atoms with E-state index in [0.29, 0.717) is 28.7 Å². The van der Waals surface area contributed by atoms with Crippen LogP contribution in [0.1, 0.15) is 49.8 Å². The largest absolute Gasteiger partial charge is 0.354 e. The summed E-state index contributed by atoms with van der Waals surface area (Å²) in [6.45, 7) is 8.26. The Hall–Kier alpha value is -2.29. The number of halogens is 2. The summed E-state index contributed by atoms with van der Waals surface area (Å²) in [5.74, 6) is -0.506. The molecule has 7 nitrogen and oxygen atoms in total. The fraction of sp³-hybridized carbons (Fsp3) is 0.462. The molecule has 2 aromatic carbocycles. The summed E-state index contributed by atoms with van der Waals surface area (Å²) < 4.78 is 26.5. The van der Waals surface area contributed by atoms with E-state index in [1.54, 1.807) is 31.2 Å². The SMILES string of the molecule is CCCNC(=O)[C@@H](C)N(Cc1ccc(Cl)c(Cl)c1)C(=O)CCCN(c1cccc(C)c1C)S(C)(=O)=O. The molecule has 0 aromatic heterocycles. The molecule has 0 heterocycles. The quantitative estimate of drug-likeness (QED) is 0.394. The van der Waals surface area contributed by atoms with Crippen LogP contribution < -0.4 is 9.62 Å². The number of carbonyl (C=O) groups excluding carboxylic acids is 2. The third-order valence-electron chi connectivity index (χ3n) is 6.05. The third-order valence-corrected chi connectivity index (χ3v) is 7.97. The summed E-state index contributed by atoms with van der Waals surface area (Å²) in [5, 5.41) is 3.60. The first kappa shape index (κ1) is 29.9. The van der Waals surface area contributed by atoms with E-state index < -0.39 is 16.1 Å². The Morgan fingerprint density at radius 3 is 2.39 bits per heavy atom. The molecule has 1 atom stereocenters. The lowest BCUT2D eigenvalue weighted by Gasteiger charge is -2.30. The maximum Gasteiger partial charge on any atom is 0.242 e. The highest BCUT2D eigenvalue weighted by Gasteiger charge is 2.27. The Labute approximate surface area is 224 Å². The zero-order valence-corrected chi connectivity index (χ0v) is 23.8. The zero-order valence-electron chi connectivity index (χ0n) is 21.5. The molecule has 0 radical (unpaired) electrons. The summed E-state index contributed by atoms with van der Waals surface area (Å²) >= 11 is 12.2. The molecule has 10 heteroatoms. The number of anilines is 1. The van der Waals surface area contributed by atoms with Crippen molar-refractivity contribution in [2.45, 2.75) is 59.5 Å². The first-order valence-corrected chi connectivity index (χ1v) is 14.5. The van der Waals surface area contributed by atoms with Gasteiger partial charge in [0, 0.05) is 26.1 Å². The minimum Gasteiger partial charge on any atom is -0.354 e. The van der Waals surface area contributed by atoms with Gasteiger partial charge in [-0.2, -0.15) is 0 Å². The molecule has 0 bridgehead atoms. The van der Waals surface area contributed by atoms with Gasteiger partial charge >= 0.3 is 0 Å². The molecular weight excluding hydrogens is 521 g/mol. The highest BCUT2D eigenvalue weighted by atomic mass is 35.5. The van der Waals surface area contributed by atoms with E-state index in [9.17, 15) is 18.0 Å². The number of sulfonamides is 1. The van der Waals surface area contributed by atoms with Gasteiger partial charge in [0.05, 0.1) is 22.0 Å². The normalized spacial score (nSPS) is 12.2. The minimum absolute atomic E-state index is 0.0730. The van der Waals surface area contributed by atoms with Crippen LogP contribution in [0.2, 0.25) is 10.0 Å². The summed E-state index contributed by atoms with van der Waals surface area (Å²) in [4.78, 5) is 27.5. The van der Waals surface area contributed by atoms with Gasteiger partial charge in [-0.25, -0.2) is 8.42 Å². The Morgan fingerprint density at radius 1 is 1.08 bits per heavy atom. The predicted octanol–water partition coefficient (Wildman–Crippen LogP) is 5.10. The van der Waals surface area contributed by atoms with Crippen LogP contribution in [0.5, 0.6) is 0 Å². The lowest BCUT2D eigenvalue weighted by molar-refractivity contribution is -0.140. The smallest absolute Gasteiger partial charge is 0.242 e. The molecule has 0 unspecified atom stereocenters. The lowest BCUT2D eigenvalue weighted by Crippen LogP contribution is -2.47. The molecule has 0 aliphatic heterocycles. The van der Waals surface area contributed by atoms with Crippen LogP contribution in [0.15, 0.2) is 36.4 Å². The van der Waals surface area contributed by atoms with Crippen LogP contribution in [-0.4, -0.2) is 50.5 Å². The average Bonchev–Trinajstić information content (AvgIpc) is 2.81. The monoisotopic (exact) mass is 555 g/mol. The van der Waals surface area contributed by atoms with Crippen molar-refractivity contribution in [3.8, 4) is 0 Å². The van der Waals surface area contributed by atoms with Gasteiger partial charge in [-0.3, -0.25) is 13.9 Å². The fourth-order valence-corrected chi connectivity index (χ4v) is 5.14. The first-order valence-electron chi connectivity index (χ1n) is 11.9. The molecule has 198 valence electrons. The van der Waals surface area contributed by atoms with Crippen molar-refractivity contribution in [1.82, 2.24) is 10.2 Å². The Morgan fingerprint density at radius 2 is 1.78 bits per heavy atom. The van der Waals surface area contributed by atoms with Gasteiger partial charge in [0.15, 0.2) is 0 Å². The zero-order chi connectivity index (χ0) is 27.0. The maximum absolute atomic E-state index is 13.3. The van der Waals surface area contributed by atoms with Gasteiger partial charge in [-0.15, -0.1) is 0 Å². The number of nitrogens with one attached hydrogen (secondary N) is 1. The summed E-state index contributed by atoms with van der Waals surface area (Å²) in [5.41, 5.74) is 3.19. The number of amides is 2. The number of carbonyl (C=O) groups is 2. The van der Waals surface area contributed by atoms with Crippen LogP contribution in [0.25, 0.3) is 0 Å². The molecule has 36 heavy (non-hydrogen) atoms. The van der Waals surface area contributed by atoms with Gasteiger partial charge in [0.25, 0.3) is 0 Å². The van der Waals surface area contributed by atoms with Gasteiger partial charge in [0.2, 0.25) is 21.8 Å². The molecule has 0 saturated carbocycles. The lowest BCUT2D eigenvalue weighted by atomic mass is 10.1. The molecular formula is C26H35Cl2N3O4S. The van der Waals surface area contributed by atoms with Crippen molar-refractivity contribution in [1.29, 1.82) is 0 Å². The van der Waals surface area contributed by atoms with Crippen LogP contribution in [0.3, 0.4) is 0 Å². The number of rotatable bonds is 12. The topological polar surface area (TPSA) is 86.8 Å². The molecule has 0 fully saturated rings. The predicted molar refractivity (Wildman–Crippen MR) is 147 cm³/mol. The van der Waals surface area contributed by atoms with Gasteiger partial charge in [-0.05, 0) is 68.5 Å². The van der Waals surface area contributed by atoms with E-state index >= 15 is 0 Å². The van der Waals surface area contributed by atoms with Crippen molar-refractivity contribution < 1.29 is 18.0 Å². The number of aryl methyl sites for hydroxylation is 1. The second kappa shape index (κ2) is 13.3. The number of hydrogen-bond acceptors (Lipinski definition) is 4. The van der Waals surface area contributed by atoms with E-state index in [1.807, 2.05) is 32.9 Å². The molecule has 0 aliphatic carbocycles. The Balaban J connectivity index is 2.21. The second-order valence-corrected chi connectivity index (χ2v) is 11.6. The van der Waals surface area contributed by atoms with E-state index in [0.717, 1.165) is 29.4 Å². The van der Waals surface area contributed by atoms with Crippen LogP contribution in [-0.2, 0) is 26.2 Å². The van der Waals surface area contributed by atoms with Crippen molar-refractivity contribution in [2.75, 3.05) is 23.7 Å². The first-order chi connectivity index (χ1) is 16.9. The fourth-order valence-electron chi connectivity index (χ4n) is 3.80. The molecule has 2 amide bonds. The number of hydrogen-bond donors (Lipinski definition) is 1. The van der Waals surface area contributed by atoms with Crippen molar-refractivity contribution in [3.05, 3.63) is 63.1 Å².